The Labute approximate surface area is 134 Å². The van der Waals surface area contributed by atoms with Gasteiger partial charge in [0, 0.05) is 0 Å². The minimum atomic E-state index is 0. The monoisotopic (exact) mass is 288 g/mol. The second kappa shape index (κ2) is 20.5. The Morgan fingerprint density at radius 2 is 1.29 bits per heavy atom. The first-order valence-electron chi connectivity index (χ1n) is 7.25. The lowest BCUT2D eigenvalue weighted by atomic mass is 9.96. The third kappa shape index (κ3) is 9.67. The first-order chi connectivity index (χ1) is 9.74. The molecule has 0 aromatic heterocycles. The van der Waals surface area contributed by atoms with Crippen LogP contribution in [0.2, 0.25) is 0 Å². The zero-order chi connectivity index (χ0) is 16.6. The van der Waals surface area contributed by atoms with Gasteiger partial charge in [0.05, 0.1) is 0 Å². The highest BCUT2D eigenvalue weighted by Crippen LogP contribution is 2.21. The van der Waals surface area contributed by atoms with Crippen molar-refractivity contribution in [3.8, 4) is 0 Å². The minimum Gasteiger partial charge on any atom is -0.106 e. The zero-order valence-electron chi connectivity index (χ0n) is 14.3. The molecule has 21 heavy (non-hydrogen) atoms. The van der Waals surface area contributed by atoms with Crippen LogP contribution in [-0.2, 0) is 0 Å². The van der Waals surface area contributed by atoms with Crippen LogP contribution < -0.4 is 0 Å². The number of allylic oxidation sites excluding steroid dienone is 1. The summed E-state index contributed by atoms with van der Waals surface area (Å²) < 4.78 is 0. The van der Waals surface area contributed by atoms with Crippen molar-refractivity contribution in [2.75, 3.05) is 0 Å². The SMILES string of the molecule is C.C=C.C=Cc1ccc(/C=C\C)c(C)c1C=C.CC.CC. The van der Waals surface area contributed by atoms with Crippen LogP contribution in [0.4, 0.5) is 0 Å². The van der Waals surface area contributed by atoms with E-state index in [4.69, 9.17) is 0 Å². The number of hydrogen-bond acceptors (Lipinski definition) is 0. The maximum atomic E-state index is 3.83. The Kier molecular flexibility index (Phi) is 26.9. The largest absolute Gasteiger partial charge is 0.106 e. The summed E-state index contributed by atoms with van der Waals surface area (Å²) in [5, 5.41) is 0. The third-order valence-electron chi connectivity index (χ3n) is 2.36. The molecule has 0 heterocycles. The summed E-state index contributed by atoms with van der Waals surface area (Å²) in [6.07, 6.45) is 7.90. The highest BCUT2D eigenvalue weighted by molar-refractivity contribution is 5.71. The molecule has 0 amide bonds. The van der Waals surface area contributed by atoms with E-state index in [-0.39, 0.29) is 7.43 Å². The Morgan fingerprint density at radius 3 is 1.62 bits per heavy atom. The standard InChI is InChI=1S/C14H16.2C2H6.C2H4.CH4/c1-5-8-13-10-9-12(6-2)14(7-3)11(13)4;3*1-2;/h5-10H,2-3H2,1,4H3;2*1-2H3;1-2H2;1H4/b8-5-;;;;. The molecule has 0 heteroatoms. The summed E-state index contributed by atoms with van der Waals surface area (Å²) in [5.41, 5.74) is 4.82. The molecular weight excluding hydrogens is 252 g/mol. The van der Waals surface area contributed by atoms with Gasteiger partial charge in [-0.2, -0.15) is 0 Å². The van der Waals surface area contributed by atoms with Crippen LogP contribution in [0, 0.1) is 6.92 Å². The van der Waals surface area contributed by atoms with Crippen molar-refractivity contribution in [3.63, 3.8) is 0 Å². The van der Waals surface area contributed by atoms with Crippen molar-refractivity contribution in [1.82, 2.24) is 0 Å². The van der Waals surface area contributed by atoms with E-state index in [9.17, 15) is 0 Å². The lowest BCUT2D eigenvalue weighted by Gasteiger charge is -2.08. The second-order valence-electron chi connectivity index (χ2n) is 3.19. The van der Waals surface area contributed by atoms with Gasteiger partial charge in [0.1, 0.15) is 0 Å². The Morgan fingerprint density at radius 1 is 0.857 bits per heavy atom. The van der Waals surface area contributed by atoms with Crippen LogP contribution in [0.15, 0.2) is 44.5 Å². The molecule has 1 aromatic carbocycles. The van der Waals surface area contributed by atoms with Gasteiger partial charge < -0.3 is 0 Å². The molecule has 0 spiro atoms. The smallest absolute Gasteiger partial charge is 0.0155 e. The average Bonchev–Trinajstić information content (AvgIpc) is 2.55. The van der Waals surface area contributed by atoms with E-state index in [0.29, 0.717) is 0 Å². The highest BCUT2D eigenvalue weighted by Gasteiger charge is 2.02. The van der Waals surface area contributed by atoms with Gasteiger partial charge in [-0.1, -0.05) is 84.7 Å². The Bertz CT molecular complexity index is 395. The van der Waals surface area contributed by atoms with Gasteiger partial charge in [-0.25, -0.2) is 0 Å². The molecule has 0 aliphatic rings. The van der Waals surface area contributed by atoms with Gasteiger partial charge >= 0.3 is 0 Å². The lowest BCUT2D eigenvalue weighted by molar-refractivity contribution is 1.40. The van der Waals surface area contributed by atoms with E-state index in [1.807, 2.05) is 52.8 Å². The molecule has 0 saturated heterocycles. The van der Waals surface area contributed by atoms with Gasteiger partial charge in [-0.3, -0.25) is 0 Å². The molecule has 0 N–H and O–H groups in total. The Balaban J connectivity index is -0.000000183. The lowest BCUT2D eigenvalue weighted by Crippen LogP contribution is -1.89. The molecule has 0 atom stereocenters. The van der Waals surface area contributed by atoms with Crippen LogP contribution in [-0.4, -0.2) is 0 Å². The van der Waals surface area contributed by atoms with Gasteiger partial charge in [-0.05, 0) is 36.1 Å². The topological polar surface area (TPSA) is 0 Å². The quantitative estimate of drug-likeness (QED) is 0.497. The van der Waals surface area contributed by atoms with E-state index in [2.05, 4.69) is 51.4 Å². The fourth-order valence-electron chi connectivity index (χ4n) is 1.58. The maximum Gasteiger partial charge on any atom is -0.0155 e. The molecule has 120 valence electrons. The molecule has 1 aromatic rings. The van der Waals surface area contributed by atoms with Crippen molar-refractivity contribution >= 4 is 18.2 Å². The first-order valence-corrected chi connectivity index (χ1v) is 7.25. The molecule has 0 fully saturated rings. The fourth-order valence-corrected chi connectivity index (χ4v) is 1.58. The van der Waals surface area contributed by atoms with Gasteiger partial charge in [0.25, 0.3) is 0 Å². The fraction of sp³-hybridized carbons (Fsp3) is 0.333. The van der Waals surface area contributed by atoms with E-state index < -0.39 is 0 Å². The molecule has 0 nitrogen and oxygen atoms in total. The van der Waals surface area contributed by atoms with E-state index in [1.54, 1.807) is 0 Å². The molecule has 0 unspecified atom stereocenters. The molecule has 0 saturated carbocycles. The van der Waals surface area contributed by atoms with Crippen molar-refractivity contribution < 1.29 is 0 Å². The van der Waals surface area contributed by atoms with Crippen LogP contribution >= 0.6 is 0 Å². The van der Waals surface area contributed by atoms with Gasteiger partial charge in [-0.15, -0.1) is 13.2 Å². The maximum absolute atomic E-state index is 3.83. The van der Waals surface area contributed by atoms with E-state index >= 15 is 0 Å². The number of benzene rings is 1. The van der Waals surface area contributed by atoms with Crippen LogP contribution in [0.1, 0.15) is 64.3 Å². The molecule has 0 radical (unpaired) electrons. The third-order valence-corrected chi connectivity index (χ3v) is 2.36. The van der Waals surface area contributed by atoms with Crippen molar-refractivity contribution in [2.45, 2.75) is 49.0 Å². The molecule has 0 aliphatic heterocycles. The summed E-state index contributed by atoms with van der Waals surface area (Å²) in [6.45, 7) is 25.8. The highest BCUT2D eigenvalue weighted by atomic mass is 14.1. The minimum absolute atomic E-state index is 0. The van der Waals surface area contributed by atoms with Crippen molar-refractivity contribution in [2.24, 2.45) is 0 Å². The molecule has 0 aliphatic carbocycles. The Hall–Kier alpha value is -1.82. The molecule has 0 bridgehead atoms. The molecule has 1 rings (SSSR count). The molecular formula is C21H36. The summed E-state index contributed by atoms with van der Waals surface area (Å²) in [7, 11) is 0. The number of rotatable bonds is 3. The predicted molar refractivity (Wildman–Crippen MR) is 107 cm³/mol. The zero-order valence-corrected chi connectivity index (χ0v) is 14.3. The van der Waals surface area contributed by atoms with Gasteiger partial charge in [0.2, 0.25) is 0 Å². The normalized spacial score (nSPS) is 7.71. The predicted octanol–water partition coefficient (Wildman–Crippen LogP) is 7.80. The summed E-state index contributed by atoms with van der Waals surface area (Å²) >= 11 is 0. The number of hydrogen-bond donors (Lipinski definition) is 0. The van der Waals surface area contributed by atoms with Crippen LogP contribution in [0.25, 0.3) is 18.2 Å². The summed E-state index contributed by atoms with van der Waals surface area (Å²) in [6, 6.07) is 4.19. The van der Waals surface area contributed by atoms with Crippen LogP contribution in [0.5, 0.6) is 0 Å². The van der Waals surface area contributed by atoms with E-state index in [0.717, 1.165) is 5.56 Å². The second-order valence-corrected chi connectivity index (χ2v) is 3.19. The van der Waals surface area contributed by atoms with Crippen molar-refractivity contribution in [1.29, 1.82) is 0 Å². The van der Waals surface area contributed by atoms with E-state index in [1.165, 1.54) is 16.7 Å². The first kappa shape index (κ1) is 27.5. The summed E-state index contributed by atoms with van der Waals surface area (Å²) in [4.78, 5) is 0. The van der Waals surface area contributed by atoms with Gasteiger partial charge in [0.15, 0.2) is 0 Å². The summed E-state index contributed by atoms with van der Waals surface area (Å²) in [5.74, 6) is 0. The van der Waals surface area contributed by atoms with Crippen molar-refractivity contribution in [3.05, 3.63) is 66.8 Å². The average molecular weight is 289 g/mol. The van der Waals surface area contributed by atoms with Crippen LogP contribution in [0.3, 0.4) is 0 Å².